The number of likely N-dealkylation sites (N-methyl/N-ethyl adjacent to an activating group) is 1. The van der Waals surface area contributed by atoms with E-state index in [1.165, 1.54) is 5.56 Å². The predicted molar refractivity (Wildman–Crippen MR) is 56.1 cm³/mol. The molecule has 0 aliphatic carbocycles. The topological polar surface area (TPSA) is 64.1 Å². The number of nitrogens with one attached hydrogen (secondary N) is 1. The summed E-state index contributed by atoms with van der Waals surface area (Å²) in [5, 5.41) is 7.69. The van der Waals surface area contributed by atoms with Crippen LogP contribution in [0, 0.1) is 0 Å². The van der Waals surface area contributed by atoms with E-state index in [9.17, 15) is 0 Å². The summed E-state index contributed by atoms with van der Waals surface area (Å²) in [4.78, 5) is 0. The van der Waals surface area contributed by atoms with Crippen molar-refractivity contribution >= 4 is 16.8 Å². The van der Waals surface area contributed by atoms with E-state index in [2.05, 4.69) is 10.5 Å². The van der Waals surface area contributed by atoms with Crippen LogP contribution in [-0.2, 0) is 6.42 Å². The van der Waals surface area contributed by atoms with Crippen LogP contribution in [0.3, 0.4) is 0 Å². The molecule has 74 valence electrons. The molecule has 0 fully saturated rings. The lowest BCUT2D eigenvalue weighted by molar-refractivity contribution is 0.460. The summed E-state index contributed by atoms with van der Waals surface area (Å²) in [6, 6.07) is 5.98. The number of nitrogens with two attached hydrogens (primary N) is 1. The van der Waals surface area contributed by atoms with Gasteiger partial charge in [-0.3, -0.25) is 0 Å². The minimum atomic E-state index is 0.458. The zero-order valence-electron chi connectivity index (χ0n) is 8.08. The maximum absolute atomic E-state index is 5.61. The number of aromatic nitrogens is 1. The Hall–Kier alpha value is -1.55. The summed E-state index contributed by atoms with van der Waals surface area (Å²) in [6.45, 7) is 0.953. The van der Waals surface area contributed by atoms with Crippen LogP contribution in [0.5, 0.6) is 0 Å². The largest absolute Gasteiger partial charge is 0.380 e. The van der Waals surface area contributed by atoms with Crippen LogP contribution in [-0.4, -0.2) is 18.7 Å². The summed E-state index contributed by atoms with van der Waals surface area (Å²) in [5.74, 6) is 0.458. The number of nitrogen functional groups attached to an aromatic ring is 1. The molecule has 0 aliphatic heterocycles. The summed E-state index contributed by atoms with van der Waals surface area (Å²) >= 11 is 0. The number of benzene rings is 1. The van der Waals surface area contributed by atoms with Crippen LogP contribution in [0.15, 0.2) is 22.7 Å². The number of hydrogen-bond acceptors (Lipinski definition) is 4. The standard InChI is InChI=1S/C10H13N3O/c1-12-5-4-7-2-3-8-9(6-7)14-13-10(8)11/h2-3,6,12H,4-5H2,1H3,(H2,11,13). The van der Waals surface area contributed by atoms with Crippen molar-refractivity contribution in [2.24, 2.45) is 0 Å². The molecule has 0 unspecified atom stereocenters. The molecule has 0 radical (unpaired) electrons. The molecule has 0 saturated carbocycles. The fraction of sp³-hybridized carbons (Fsp3) is 0.300. The third-order valence-electron chi connectivity index (χ3n) is 2.23. The molecule has 4 nitrogen and oxygen atoms in total. The second kappa shape index (κ2) is 3.67. The van der Waals surface area contributed by atoms with Gasteiger partial charge in [-0.2, -0.15) is 0 Å². The molecular weight excluding hydrogens is 178 g/mol. The van der Waals surface area contributed by atoms with Crippen LogP contribution in [0.2, 0.25) is 0 Å². The zero-order chi connectivity index (χ0) is 9.97. The molecule has 4 heteroatoms. The Morgan fingerprint density at radius 2 is 2.36 bits per heavy atom. The van der Waals surface area contributed by atoms with E-state index in [-0.39, 0.29) is 0 Å². The highest BCUT2D eigenvalue weighted by Gasteiger charge is 2.04. The maximum atomic E-state index is 5.61. The second-order valence-electron chi connectivity index (χ2n) is 3.25. The number of hydrogen-bond donors (Lipinski definition) is 2. The van der Waals surface area contributed by atoms with Gasteiger partial charge in [-0.15, -0.1) is 0 Å². The van der Waals surface area contributed by atoms with E-state index >= 15 is 0 Å². The number of rotatable bonds is 3. The lowest BCUT2D eigenvalue weighted by atomic mass is 10.1. The molecule has 0 aliphatic rings. The fourth-order valence-electron chi connectivity index (χ4n) is 1.43. The van der Waals surface area contributed by atoms with Gasteiger partial charge in [-0.1, -0.05) is 11.2 Å². The molecule has 2 rings (SSSR count). The molecule has 1 aromatic heterocycles. The first-order valence-corrected chi connectivity index (χ1v) is 4.59. The zero-order valence-corrected chi connectivity index (χ0v) is 8.08. The van der Waals surface area contributed by atoms with Gasteiger partial charge >= 0.3 is 0 Å². The first kappa shape index (κ1) is 9.02. The SMILES string of the molecule is CNCCc1ccc2c(N)noc2c1. The molecule has 0 spiro atoms. The van der Waals surface area contributed by atoms with Crippen LogP contribution in [0.1, 0.15) is 5.56 Å². The molecule has 0 atom stereocenters. The fourth-order valence-corrected chi connectivity index (χ4v) is 1.43. The van der Waals surface area contributed by atoms with Crippen molar-refractivity contribution in [1.82, 2.24) is 10.5 Å². The summed E-state index contributed by atoms with van der Waals surface area (Å²) in [7, 11) is 1.94. The molecule has 1 heterocycles. The molecule has 0 saturated heterocycles. The van der Waals surface area contributed by atoms with E-state index in [4.69, 9.17) is 10.3 Å². The molecular formula is C10H13N3O. The van der Waals surface area contributed by atoms with Crippen molar-refractivity contribution in [2.45, 2.75) is 6.42 Å². The quantitative estimate of drug-likeness (QED) is 0.764. The first-order chi connectivity index (χ1) is 6.81. The van der Waals surface area contributed by atoms with Gasteiger partial charge in [0.15, 0.2) is 11.4 Å². The van der Waals surface area contributed by atoms with Crippen molar-refractivity contribution in [3.05, 3.63) is 23.8 Å². The molecule has 0 bridgehead atoms. The van der Waals surface area contributed by atoms with Gasteiger partial charge in [0.1, 0.15) is 0 Å². The van der Waals surface area contributed by atoms with Gasteiger partial charge in [0.05, 0.1) is 5.39 Å². The van der Waals surface area contributed by atoms with Gasteiger partial charge < -0.3 is 15.6 Å². The maximum Gasteiger partial charge on any atom is 0.174 e. The van der Waals surface area contributed by atoms with E-state index in [1.54, 1.807) is 0 Å². The first-order valence-electron chi connectivity index (χ1n) is 4.59. The smallest absolute Gasteiger partial charge is 0.174 e. The lowest BCUT2D eigenvalue weighted by Gasteiger charge is -1.99. The number of fused-ring (bicyclic) bond motifs is 1. The highest BCUT2D eigenvalue weighted by atomic mass is 16.5. The van der Waals surface area contributed by atoms with Crippen molar-refractivity contribution in [3.63, 3.8) is 0 Å². The van der Waals surface area contributed by atoms with Crippen molar-refractivity contribution < 1.29 is 4.52 Å². The Morgan fingerprint density at radius 1 is 1.50 bits per heavy atom. The van der Waals surface area contributed by atoms with Crippen molar-refractivity contribution in [1.29, 1.82) is 0 Å². The number of nitrogens with zero attached hydrogens (tertiary/aromatic N) is 1. The Balaban J connectivity index is 2.32. The monoisotopic (exact) mass is 191 g/mol. The van der Waals surface area contributed by atoms with Crippen LogP contribution in [0.4, 0.5) is 5.82 Å². The van der Waals surface area contributed by atoms with E-state index in [1.807, 2.05) is 25.2 Å². The highest BCUT2D eigenvalue weighted by Crippen LogP contribution is 2.21. The molecule has 3 N–H and O–H groups in total. The number of anilines is 1. The van der Waals surface area contributed by atoms with Crippen LogP contribution >= 0.6 is 0 Å². The lowest BCUT2D eigenvalue weighted by Crippen LogP contribution is -2.10. The van der Waals surface area contributed by atoms with E-state index in [0.717, 1.165) is 23.9 Å². The van der Waals surface area contributed by atoms with Crippen LogP contribution < -0.4 is 11.1 Å². The minimum Gasteiger partial charge on any atom is -0.380 e. The van der Waals surface area contributed by atoms with Crippen molar-refractivity contribution in [2.75, 3.05) is 19.3 Å². The van der Waals surface area contributed by atoms with Gasteiger partial charge in [0.2, 0.25) is 0 Å². The van der Waals surface area contributed by atoms with E-state index < -0.39 is 0 Å². The average molecular weight is 191 g/mol. The average Bonchev–Trinajstić information content (AvgIpc) is 2.57. The van der Waals surface area contributed by atoms with E-state index in [0.29, 0.717) is 5.82 Å². The molecule has 2 aromatic rings. The Kier molecular flexibility index (Phi) is 2.37. The summed E-state index contributed by atoms with van der Waals surface area (Å²) < 4.78 is 5.07. The molecule has 14 heavy (non-hydrogen) atoms. The summed E-state index contributed by atoms with van der Waals surface area (Å²) in [6.07, 6.45) is 0.979. The third kappa shape index (κ3) is 1.56. The second-order valence-corrected chi connectivity index (χ2v) is 3.25. The minimum absolute atomic E-state index is 0.458. The third-order valence-corrected chi connectivity index (χ3v) is 2.23. The Morgan fingerprint density at radius 3 is 3.14 bits per heavy atom. The summed E-state index contributed by atoms with van der Waals surface area (Å²) in [5.41, 5.74) is 7.59. The van der Waals surface area contributed by atoms with Crippen LogP contribution in [0.25, 0.3) is 11.0 Å². The van der Waals surface area contributed by atoms with Crippen molar-refractivity contribution in [3.8, 4) is 0 Å². The Labute approximate surface area is 82.1 Å². The highest BCUT2D eigenvalue weighted by molar-refractivity contribution is 5.87. The van der Waals surface area contributed by atoms with Gasteiger partial charge in [0, 0.05) is 0 Å². The van der Waals surface area contributed by atoms with Gasteiger partial charge in [0.25, 0.3) is 0 Å². The van der Waals surface area contributed by atoms with Gasteiger partial charge in [-0.05, 0) is 37.7 Å². The molecule has 0 amide bonds. The predicted octanol–water partition coefficient (Wildman–Crippen LogP) is 1.17. The normalized spacial score (nSPS) is 10.9. The van der Waals surface area contributed by atoms with Gasteiger partial charge in [-0.25, -0.2) is 0 Å². The Bertz CT molecular complexity index is 436. The molecule has 1 aromatic carbocycles.